The average molecular weight is 323 g/mol. The van der Waals surface area contributed by atoms with Crippen molar-refractivity contribution >= 4 is 50.8 Å². The Morgan fingerprint density at radius 1 is 1.38 bits per heavy atom. The quantitative estimate of drug-likeness (QED) is 0.869. The highest BCUT2D eigenvalue weighted by Gasteiger charge is 2.07. The second-order valence-corrected chi connectivity index (χ2v) is 4.47. The normalized spacial score (nSPS) is 10.4. The van der Waals surface area contributed by atoms with Crippen LogP contribution >= 0.6 is 39.1 Å². The Bertz CT molecular complexity index is 503. The van der Waals surface area contributed by atoms with Crippen LogP contribution in [0.15, 0.2) is 27.1 Å². The fraction of sp³-hybridized carbons (Fsp3) is 0.111. The highest BCUT2D eigenvalue weighted by Crippen LogP contribution is 2.28. The van der Waals surface area contributed by atoms with Crippen molar-refractivity contribution in [1.29, 1.82) is 0 Å². The summed E-state index contributed by atoms with van der Waals surface area (Å²) in [6.45, 7) is 0. The summed E-state index contributed by atoms with van der Waals surface area (Å²) < 4.78 is 6.09. The molecule has 0 unspecified atom stereocenters. The molecule has 4 nitrogen and oxygen atoms in total. The standard InChI is InChI=1S/C9H6BrCl2N3O/c10-5-1-2-6(12)7(3-5)13-9-15-14-8(4-11)16-9/h1-3H,4H2,(H,13,15). The number of aromatic nitrogens is 2. The van der Waals surface area contributed by atoms with Crippen LogP contribution in [0.3, 0.4) is 0 Å². The van der Waals surface area contributed by atoms with Gasteiger partial charge in [-0.15, -0.1) is 16.7 Å². The lowest BCUT2D eigenvalue weighted by molar-refractivity contribution is 0.530. The van der Waals surface area contributed by atoms with Gasteiger partial charge in [0, 0.05) is 4.47 Å². The monoisotopic (exact) mass is 321 g/mol. The molecule has 84 valence electrons. The van der Waals surface area contributed by atoms with Gasteiger partial charge in [-0.2, -0.15) is 0 Å². The molecule has 0 radical (unpaired) electrons. The number of benzene rings is 1. The van der Waals surface area contributed by atoms with E-state index in [9.17, 15) is 0 Å². The molecule has 1 aromatic carbocycles. The molecule has 0 aliphatic rings. The van der Waals surface area contributed by atoms with Crippen LogP contribution in [-0.2, 0) is 5.88 Å². The number of nitrogens with zero attached hydrogens (tertiary/aromatic N) is 2. The van der Waals surface area contributed by atoms with E-state index in [0.717, 1.165) is 4.47 Å². The molecule has 0 aliphatic carbocycles. The number of hydrogen-bond donors (Lipinski definition) is 1. The number of halogens is 3. The van der Waals surface area contributed by atoms with Gasteiger partial charge in [0.15, 0.2) is 0 Å². The van der Waals surface area contributed by atoms with E-state index in [1.165, 1.54) is 0 Å². The van der Waals surface area contributed by atoms with Crippen molar-refractivity contribution in [2.45, 2.75) is 5.88 Å². The molecule has 0 fully saturated rings. The van der Waals surface area contributed by atoms with Crippen molar-refractivity contribution in [1.82, 2.24) is 10.2 Å². The van der Waals surface area contributed by atoms with E-state index >= 15 is 0 Å². The first-order chi connectivity index (χ1) is 7.69. The molecule has 0 aliphatic heterocycles. The molecule has 0 saturated heterocycles. The summed E-state index contributed by atoms with van der Waals surface area (Å²) >= 11 is 14.9. The summed E-state index contributed by atoms with van der Waals surface area (Å²) in [6.07, 6.45) is 0. The molecule has 1 aromatic heterocycles. The molecule has 0 saturated carbocycles. The van der Waals surface area contributed by atoms with Gasteiger partial charge in [-0.05, 0) is 18.2 Å². The van der Waals surface area contributed by atoms with Crippen LogP contribution in [0.1, 0.15) is 5.89 Å². The maximum absolute atomic E-state index is 5.99. The third-order valence-electron chi connectivity index (χ3n) is 1.75. The highest BCUT2D eigenvalue weighted by molar-refractivity contribution is 9.10. The first-order valence-electron chi connectivity index (χ1n) is 4.29. The fourth-order valence-electron chi connectivity index (χ4n) is 1.07. The molecule has 0 bridgehead atoms. The van der Waals surface area contributed by atoms with Crippen molar-refractivity contribution in [3.8, 4) is 0 Å². The van der Waals surface area contributed by atoms with Crippen molar-refractivity contribution in [3.63, 3.8) is 0 Å². The molecular weight excluding hydrogens is 317 g/mol. The van der Waals surface area contributed by atoms with Gasteiger partial charge in [0.2, 0.25) is 5.89 Å². The third-order valence-corrected chi connectivity index (χ3v) is 2.80. The molecule has 1 heterocycles. The van der Waals surface area contributed by atoms with Crippen molar-refractivity contribution in [2.75, 3.05) is 5.32 Å². The summed E-state index contributed by atoms with van der Waals surface area (Å²) in [5.74, 6) is 0.538. The van der Waals surface area contributed by atoms with Crippen LogP contribution in [0, 0.1) is 0 Å². The fourth-order valence-corrected chi connectivity index (χ4v) is 1.70. The first-order valence-corrected chi connectivity index (χ1v) is 6.00. The van der Waals surface area contributed by atoms with Crippen LogP contribution in [0.2, 0.25) is 5.02 Å². The zero-order valence-electron chi connectivity index (χ0n) is 7.88. The number of anilines is 2. The molecule has 2 aromatic rings. The minimum absolute atomic E-state index is 0.181. The van der Waals surface area contributed by atoms with Crippen LogP contribution in [0.5, 0.6) is 0 Å². The topological polar surface area (TPSA) is 51.0 Å². The van der Waals surface area contributed by atoms with Gasteiger partial charge in [0.1, 0.15) is 5.88 Å². The lowest BCUT2D eigenvalue weighted by Crippen LogP contribution is -1.91. The van der Waals surface area contributed by atoms with Crippen molar-refractivity contribution < 1.29 is 4.42 Å². The lowest BCUT2D eigenvalue weighted by Gasteiger charge is -2.03. The Hall–Kier alpha value is -0.780. The summed E-state index contributed by atoms with van der Waals surface area (Å²) in [4.78, 5) is 0. The molecule has 0 amide bonds. The lowest BCUT2D eigenvalue weighted by atomic mass is 10.3. The van der Waals surface area contributed by atoms with Crippen molar-refractivity contribution in [2.24, 2.45) is 0 Å². The van der Waals surface area contributed by atoms with Gasteiger partial charge in [-0.25, -0.2) is 0 Å². The van der Waals surface area contributed by atoms with Gasteiger partial charge in [0.05, 0.1) is 10.7 Å². The SMILES string of the molecule is ClCc1nnc(Nc2cc(Br)ccc2Cl)o1. The minimum Gasteiger partial charge on any atom is -0.407 e. The molecular formula is C9H6BrCl2N3O. The number of alkyl halides is 1. The maximum atomic E-state index is 5.99. The summed E-state index contributed by atoms with van der Waals surface area (Å²) in [6, 6.07) is 5.67. The molecule has 2 rings (SSSR count). The third kappa shape index (κ3) is 2.66. The Labute approximate surface area is 110 Å². The van der Waals surface area contributed by atoms with Gasteiger partial charge in [0.25, 0.3) is 0 Å². The molecule has 0 atom stereocenters. The zero-order chi connectivity index (χ0) is 11.5. The zero-order valence-corrected chi connectivity index (χ0v) is 11.0. The van der Waals surface area contributed by atoms with Crippen molar-refractivity contribution in [3.05, 3.63) is 33.6 Å². The van der Waals surface area contributed by atoms with Gasteiger partial charge >= 0.3 is 6.01 Å². The number of hydrogen-bond acceptors (Lipinski definition) is 4. The van der Waals surface area contributed by atoms with E-state index in [4.69, 9.17) is 27.6 Å². The predicted octanol–water partition coefficient (Wildman–Crippen LogP) is 3.97. The summed E-state index contributed by atoms with van der Waals surface area (Å²) in [5, 5.41) is 11.0. The van der Waals surface area contributed by atoms with Gasteiger partial charge in [-0.1, -0.05) is 32.6 Å². The Kier molecular flexibility index (Phi) is 3.68. The van der Waals surface area contributed by atoms with E-state index in [0.29, 0.717) is 16.6 Å². The van der Waals surface area contributed by atoms with E-state index in [1.54, 1.807) is 6.07 Å². The van der Waals surface area contributed by atoms with E-state index < -0.39 is 0 Å². The smallest absolute Gasteiger partial charge is 0.320 e. The van der Waals surface area contributed by atoms with Crippen LogP contribution in [-0.4, -0.2) is 10.2 Å². The molecule has 0 spiro atoms. The van der Waals surface area contributed by atoms with Gasteiger partial charge in [-0.3, -0.25) is 0 Å². The van der Waals surface area contributed by atoms with E-state index in [-0.39, 0.29) is 11.9 Å². The number of nitrogens with one attached hydrogen (secondary N) is 1. The Balaban J connectivity index is 2.22. The maximum Gasteiger partial charge on any atom is 0.320 e. The van der Waals surface area contributed by atoms with Crippen LogP contribution in [0.4, 0.5) is 11.7 Å². The number of rotatable bonds is 3. The van der Waals surface area contributed by atoms with Crippen LogP contribution in [0.25, 0.3) is 0 Å². The van der Waals surface area contributed by atoms with E-state index in [2.05, 4.69) is 31.4 Å². The Morgan fingerprint density at radius 2 is 2.19 bits per heavy atom. The first kappa shape index (κ1) is 11.7. The summed E-state index contributed by atoms with van der Waals surface area (Å²) in [7, 11) is 0. The largest absolute Gasteiger partial charge is 0.407 e. The molecule has 1 N–H and O–H groups in total. The highest BCUT2D eigenvalue weighted by atomic mass is 79.9. The Morgan fingerprint density at radius 3 is 2.88 bits per heavy atom. The second kappa shape index (κ2) is 5.03. The summed E-state index contributed by atoms with van der Waals surface area (Å²) in [5.41, 5.74) is 0.681. The average Bonchev–Trinajstić information content (AvgIpc) is 2.71. The predicted molar refractivity (Wildman–Crippen MR) is 66.3 cm³/mol. The molecule has 16 heavy (non-hydrogen) atoms. The van der Waals surface area contributed by atoms with E-state index in [1.807, 2.05) is 12.1 Å². The second-order valence-electron chi connectivity index (χ2n) is 2.88. The minimum atomic E-state index is 0.181. The van der Waals surface area contributed by atoms with Gasteiger partial charge < -0.3 is 9.73 Å². The molecule has 7 heteroatoms. The van der Waals surface area contributed by atoms with Crippen LogP contribution < -0.4 is 5.32 Å².